The lowest BCUT2D eigenvalue weighted by Crippen LogP contribution is -2.48. The van der Waals surface area contributed by atoms with Gasteiger partial charge in [-0.05, 0) is 58.2 Å². The van der Waals surface area contributed by atoms with Gasteiger partial charge in [-0.2, -0.15) is 0 Å². The van der Waals surface area contributed by atoms with Gasteiger partial charge in [-0.1, -0.05) is 6.92 Å². The summed E-state index contributed by atoms with van der Waals surface area (Å²) in [5.74, 6) is 1.29. The number of nitrogens with zero attached hydrogens (tertiary/aromatic N) is 1. The molecular formula is C15H30ClN3O. The van der Waals surface area contributed by atoms with Crippen LogP contribution < -0.4 is 10.6 Å². The fourth-order valence-electron chi connectivity index (χ4n) is 3.23. The summed E-state index contributed by atoms with van der Waals surface area (Å²) in [6, 6.07) is 0.466. The molecule has 2 aliphatic heterocycles. The van der Waals surface area contributed by atoms with Gasteiger partial charge in [0.15, 0.2) is 0 Å². The van der Waals surface area contributed by atoms with E-state index in [9.17, 15) is 4.79 Å². The van der Waals surface area contributed by atoms with E-state index >= 15 is 0 Å². The highest BCUT2D eigenvalue weighted by molar-refractivity contribution is 5.85. The lowest BCUT2D eigenvalue weighted by atomic mass is 9.97. The number of hydrogen-bond acceptors (Lipinski definition) is 3. The Hall–Kier alpha value is -0.320. The quantitative estimate of drug-likeness (QED) is 0.830. The molecule has 118 valence electrons. The number of carbonyl (C=O) groups excluding carboxylic acids is 1. The van der Waals surface area contributed by atoms with Crippen LogP contribution in [0.2, 0.25) is 0 Å². The summed E-state index contributed by atoms with van der Waals surface area (Å²) >= 11 is 0. The number of hydrogen-bond donors (Lipinski definition) is 2. The maximum absolute atomic E-state index is 12.1. The van der Waals surface area contributed by atoms with Crippen molar-refractivity contribution in [3.63, 3.8) is 0 Å². The lowest BCUT2D eigenvalue weighted by molar-refractivity contribution is -0.126. The number of piperidine rings is 2. The molecule has 2 aliphatic rings. The van der Waals surface area contributed by atoms with Crippen molar-refractivity contribution in [1.29, 1.82) is 0 Å². The normalized spacial score (nSPS) is 26.6. The van der Waals surface area contributed by atoms with E-state index in [2.05, 4.69) is 29.4 Å². The molecule has 0 bridgehead atoms. The molecule has 0 aromatic rings. The Morgan fingerprint density at radius 2 is 2.05 bits per heavy atom. The SMILES string of the molecule is CC1CCCN(C(C)CNC(=O)C2CCNCC2)C1.Cl. The van der Waals surface area contributed by atoms with E-state index in [1.807, 2.05) is 0 Å². The first-order chi connectivity index (χ1) is 9.16. The molecule has 2 fully saturated rings. The summed E-state index contributed by atoms with van der Waals surface area (Å²) in [5, 5.41) is 6.46. The molecule has 0 saturated carbocycles. The lowest BCUT2D eigenvalue weighted by Gasteiger charge is -2.35. The topological polar surface area (TPSA) is 44.4 Å². The first kappa shape index (κ1) is 17.7. The molecule has 0 aromatic heterocycles. The molecule has 2 heterocycles. The molecule has 0 spiro atoms. The number of amides is 1. The molecule has 1 amide bonds. The Bertz CT molecular complexity index is 295. The van der Waals surface area contributed by atoms with Crippen LogP contribution in [0.25, 0.3) is 0 Å². The van der Waals surface area contributed by atoms with Crippen LogP contribution in [0.1, 0.15) is 39.5 Å². The third-order valence-electron chi connectivity index (χ3n) is 4.59. The van der Waals surface area contributed by atoms with Crippen molar-refractivity contribution < 1.29 is 4.79 Å². The van der Waals surface area contributed by atoms with Gasteiger partial charge >= 0.3 is 0 Å². The van der Waals surface area contributed by atoms with E-state index in [0.717, 1.165) is 38.4 Å². The first-order valence-corrected chi connectivity index (χ1v) is 7.89. The summed E-state index contributed by atoms with van der Waals surface area (Å²) in [5.41, 5.74) is 0. The average Bonchev–Trinajstić information content (AvgIpc) is 2.45. The zero-order valence-electron chi connectivity index (χ0n) is 12.9. The van der Waals surface area contributed by atoms with Crippen LogP contribution in [-0.4, -0.2) is 49.6 Å². The summed E-state index contributed by atoms with van der Waals surface area (Å²) in [6.07, 6.45) is 4.63. The van der Waals surface area contributed by atoms with Crippen molar-refractivity contribution in [3.8, 4) is 0 Å². The zero-order chi connectivity index (χ0) is 13.7. The second kappa shape index (κ2) is 8.85. The van der Waals surface area contributed by atoms with Crippen LogP contribution in [0.4, 0.5) is 0 Å². The number of carbonyl (C=O) groups is 1. The highest BCUT2D eigenvalue weighted by Crippen LogP contribution is 2.17. The van der Waals surface area contributed by atoms with Gasteiger partial charge < -0.3 is 10.6 Å². The predicted octanol–water partition coefficient (Wildman–Crippen LogP) is 1.64. The molecule has 20 heavy (non-hydrogen) atoms. The summed E-state index contributed by atoms with van der Waals surface area (Å²) in [7, 11) is 0. The number of nitrogens with one attached hydrogen (secondary N) is 2. The second-order valence-corrected chi connectivity index (χ2v) is 6.36. The number of halogens is 1. The monoisotopic (exact) mass is 303 g/mol. The van der Waals surface area contributed by atoms with Gasteiger partial charge in [0.2, 0.25) is 5.91 Å². The molecule has 2 rings (SSSR count). The second-order valence-electron chi connectivity index (χ2n) is 6.36. The van der Waals surface area contributed by atoms with Crippen LogP contribution in [0.5, 0.6) is 0 Å². The highest BCUT2D eigenvalue weighted by atomic mass is 35.5. The van der Waals surface area contributed by atoms with Crippen LogP contribution >= 0.6 is 12.4 Å². The van der Waals surface area contributed by atoms with Gasteiger partial charge in [0.05, 0.1) is 0 Å². The molecule has 5 heteroatoms. The van der Waals surface area contributed by atoms with E-state index in [1.54, 1.807) is 0 Å². The van der Waals surface area contributed by atoms with Gasteiger partial charge in [0, 0.05) is 25.0 Å². The Kier molecular flexibility index (Phi) is 7.85. The third kappa shape index (κ3) is 5.23. The first-order valence-electron chi connectivity index (χ1n) is 7.89. The standard InChI is InChI=1S/C15H29N3O.ClH/c1-12-4-3-9-18(11-12)13(2)10-17-15(19)14-5-7-16-8-6-14;/h12-14,16H,3-11H2,1-2H3,(H,17,19);1H. The van der Waals surface area contributed by atoms with Crippen LogP contribution in [0, 0.1) is 11.8 Å². The number of likely N-dealkylation sites (tertiary alicyclic amines) is 1. The zero-order valence-corrected chi connectivity index (χ0v) is 13.7. The van der Waals surface area contributed by atoms with Gasteiger partial charge in [0.25, 0.3) is 0 Å². The van der Waals surface area contributed by atoms with E-state index in [0.29, 0.717) is 6.04 Å². The number of rotatable bonds is 4. The summed E-state index contributed by atoms with van der Waals surface area (Å²) < 4.78 is 0. The molecule has 0 radical (unpaired) electrons. The minimum absolute atomic E-state index is 0. The van der Waals surface area contributed by atoms with Crippen molar-refractivity contribution in [2.24, 2.45) is 11.8 Å². The van der Waals surface area contributed by atoms with Gasteiger partial charge in [0.1, 0.15) is 0 Å². The molecule has 4 nitrogen and oxygen atoms in total. The smallest absolute Gasteiger partial charge is 0.223 e. The highest BCUT2D eigenvalue weighted by Gasteiger charge is 2.24. The predicted molar refractivity (Wildman–Crippen MR) is 85.3 cm³/mol. The van der Waals surface area contributed by atoms with Crippen molar-refractivity contribution in [1.82, 2.24) is 15.5 Å². The Morgan fingerprint density at radius 3 is 2.70 bits per heavy atom. The molecule has 0 aliphatic carbocycles. The maximum atomic E-state index is 12.1. The Morgan fingerprint density at radius 1 is 1.35 bits per heavy atom. The van der Waals surface area contributed by atoms with Gasteiger partial charge in [-0.25, -0.2) is 0 Å². The Balaban J connectivity index is 0.00000200. The summed E-state index contributed by atoms with van der Waals surface area (Å²) in [4.78, 5) is 14.6. The van der Waals surface area contributed by atoms with Crippen molar-refractivity contribution in [3.05, 3.63) is 0 Å². The van der Waals surface area contributed by atoms with Crippen molar-refractivity contribution in [2.75, 3.05) is 32.7 Å². The van der Waals surface area contributed by atoms with Crippen molar-refractivity contribution >= 4 is 18.3 Å². The van der Waals surface area contributed by atoms with E-state index in [1.165, 1.54) is 25.9 Å². The molecule has 0 aromatic carbocycles. The van der Waals surface area contributed by atoms with Crippen molar-refractivity contribution in [2.45, 2.75) is 45.6 Å². The van der Waals surface area contributed by atoms with Gasteiger partial charge in [-0.15, -0.1) is 12.4 Å². The molecule has 2 saturated heterocycles. The minimum atomic E-state index is 0. The van der Waals surface area contributed by atoms with E-state index < -0.39 is 0 Å². The molecular weight excluding hydrogens is 274 g/mol. The van der Waals surface area contributed by atoms with Crippen LogP contribution in [0.15, 0.2) is 0 Å². The average molecular weight is 304 g/mol. The van der Waals surface area contributed by atoms with Gasteiger partial charge in [-0.3, -0.25) is 9.69 Å². The van der Waals surface area contributed by atoms with Crippen LogP contribution in [-0.2, 0) is 4.79 Å². The van der Waals surface area contributed by atoms with E-state index in [4.69, 9.17) is 0 Å². The fourth-order valence-corrected chi connectivity index (χ4v) is 3.23. The molecule has 2 N–H and O–H groups in total. The minimum Gasteiger partial charge on any atom is -0.354 e. The molecule has 2 unspecified atom stereocenters. The summed E-state index contributed by atoms with van der Waals surface area (Å²) in [6.45, 7) is 9.70. The third-order valence-corrected chi connectivity index (χ3v) is 4.59. The Labute approximate surface area is 129 Å². The largest absolute Gasteiger partial charge is 0.354 e. The fraction of sp³-hybridized carbons (Fsp3) is 0.933. The molecule has 2 atom stereocenters. The maximum Gasteiger partial charge on any atom is 0.223 e. The van der Waals surface area contributed by atoms with E-state index in [-0.39, 0.29) is 24.2 Å². The van der Waals surface area contributed by atoms with Crippen LogP contribution in [0.3, 0.4) is 0 Å².